The lowest BCUT2D eigenvalue weighted by molar-refractivity contribution is 0.320. The first-order chi connectivity index (χ1) is 6.53. The third kappa shape index (κ3) is 3.81. The van der Waals surface area contributed by atoms with Gasteiger partial charge in [0.1, 0.15) is 0 Å². The Morgan fingerprint density at radius 3 is 2.36 bits per heavy atom. The monoisotopic (exact) mass is 327 g/mol. The molecule has 0 unspecified atom stereocenters. The van der Waals surface area contributed by atoms with E-state index in [4.69, 9.17) is 5.11 Å². The van der Waals surface area contributed by atoms with Gasteiger partial charge in [0, 0.05) is 9.26 Å². The van der Waals surface area contributed by atoms with Crippen molar-refractivity contribution >= 4 is 38.3 Å². The number of aliphatic hydroxyl groups is 1. The van der Waals surface area contributed by atoms with E-state index in [9.17, 15) is 8.42 Å². The van der Waals surface area contributed by atoms with Crippen LogP contribution < -0.4 is 4.72 Å². The van der Waals surface area contributed by atoms with Crippen molar-refractivity contribution in [2.75, 3.05) is 17.1 Å². The predicted octanol–water partition coefficient (Wildman–Crippen LogP) is 1.03. The minimum absolute atomic E-state index is 0.279. The van der Waals surface area contributed by atoms with E-state index in [0.717, 1.165) is 3.57 Å². The zero-order valence-electron chi connectivity index (χ0n) is 7.27. The van der Waals surface area contributed by atoms with Crippen molar-refractivity contribution in [3.05, 3.63) is 27.8 Å². The van der Waals surface area contributed by atoms with Crippen molar-refractivity contribution in [3.63, 3.8) is 0 Å². The summed E-state index contributed by atoms with van der Waals surface area (Å²) >= 11 is 2.13. The van der Waals surface area contributed by atoms with Gasteiger partial charge in [-0.3, -0.25) is 4.72 Å². The number of hydrogen-bond donors (Lipinski definition) is 2. The van der Waals surface area contributed by atoms with E-state index in [1.54, 1.807) is 24.3 Å². The predicted molar refractivity (Wildman–Crippen MR) is 63.7 cm³/mol. The Morgan fingerprint density at radius 1 is 1.29 bits per heavy atom. The second-order valence-electron chi connectivity index (χ2n) is 2.65. The average molecular weight is 327 g/mol. The molecular formula is C8H10INO3S. The third-order valence-electron chi connectivity index (χ3n) is 1.48. The molecule has 0 aliphatic carbocycles. The number of halogens is 1. The number of rotatable bonds is 4. The van der Waals surface area contributed by atoms with Gasteiger partial charge in [-0.1, -0.05) is 0 Å². The fraction of sp³-hybridized carbons (Fsp3) is 0.250. The molecule has 0 aliphatic rings. The van der Waals surface area contributed by atoms with Gasteiger partial charge in [-0.25, -0.2) is 8.42 Å². The van der Waals surface area contributed by atoms with Gasteiger partial charge in [-0.05, 0) is 46.9 Å². The highest BCUT2D eigenvalue weighted by molar-refractivity contribution is 14.1. The molecular weight excluding hydrogens is 317 g/mol. The molecule has 4 nitrogen and oxygen atoms in total. The van der Waals surface area contributed by atoms with Crippen LogP contribution in [0.1, 0.15) is 0 Å². The summed E-state index contributed by atoms with van der Waals surface area (Å²) in [5.74, 6) is -0.279. The van der Waals surface area contributed by atoms with Gasteiger partial charge in [0.2, 0.25) is 10.0 Å². The number of anilines is 1. The Kier molecular flexibility index (Phi) is 4.14. The number of hydrogen-bond acceptors (Lipinski definition) is 3. The summed E-state index contributed by atoms with van der Waals surface area (Å²) in [5.41, 5.74) is 0.513. The number of aliphatic hydroxyl groups excluding tert-OH is 1. The van der Waals surface area contributed by atoms with Crippen LogP contribution in [0.3, 0.4) is 0 Å². The van der Waals surface area contributed by atoms with E-state index in [1.807, 2.05) is 0 Å². The molecule has 0 amide bonds. The first-order valence-corrected chi connectivity index (χ1v) is 6.63. The normalized spacial score (nSPS) is 11.3. The third-order valence-corrected chi connectivity index (χ3v) is 3.46. The summed E-state index contributed by atoms with van der Waals surface area (Å²) in [4.78, 5) is 0. The zero-order chi connectivity index (χ0) is 10.6. The van der Waals surface area contributed by atoms with E-state index in [-0.39, 0.29) is 12.4 Å². The van der Waals surface area contributed by atoms with E-state index < -0.39 is 10.0 Å². The lowest BCUT2D eigenvalue weighted by atomic mass is 10.3. The number of benzene rings is 1. The standard InChI is InChI=1S/C8H10INO3S/c9-7-1-3-8(4-2-7)10-14(12,13)6-5-11/h1-4,10-11H,5-6H2. The van der Waals surface area contributed by atoms with Gasteiger partial charge in [-0.2, -0.15) is 0 Å². The van der Waals surface area contributed by atoms with Crippen LogP contribution in [0.5, 0.6) is 0 Å². The van der Waals surface area contributed by atoms with Crippen molar-refractivity contribution in [1.82, 2.24) is 0 Å². The first-order valence-electron chi connectivity index (χ1n) is 3.90. The van der Waals surface area contributed by atoms with Crippen LogP contribution in [0.15, 0.2) is 24.3 Å². The largest absolute Gasteiger partial charge is 0.395 e. The molecule has 1 aromatic carbocycles. The minimum atomic E-state index is -3.40. The summed E-state index contributed by atoms with van der Waals surface area (Å²) in [7, 11) is -3.40. The highest BCUT2D eigenvalue weighted by Gasteiger charge is 2.08. The van der Waals surface area contributed by atoms with Crippen LogP contribution in [0.25, 0.3) is 0 Å². The molecule has 0 fully saturated rings. The molecule has 1 rings (SSSR count). The fourth-order valence-corrected chi connectivity index (χ4v) is 2.07. The maximum atomic E-state index is 11.2. The molecule has 1 aromatic rings. The zero-order valence-corrected chi connectivity index (χ0v) is 10.2. The highest BCUT2D eigenvalue weighted by atomic mass is 127. The van der Waals surface area contributed by atoms with Crippen LogP contribution in [0.2, 0.25) is 0 Å². The fourth-order valence-electron chi connectivity index (χ4n) is 0.869. The summed E-state index contributed by atoms with van der Waals surface area (Å²) in [6.45, 7) is -0.375. The Morgan fingerprint density at radius 2 is 1.86 bits per heavy atom. The van der Waals surface area contributed by atoms with Crippen molar-refractivity contribution < 1.29 is 13.5 Å². The van der Waals surface area contributed by atoms with E-state index in [1.165, 1.54) is 0 Å². The molecule has 0 aromatic heterocycles. The summed E-state index contributed by atoms with van der Waals surface area (Å²) in [5, 5.41) is 8.50. The SMILES string of the molecule is O=S(=O)(CCO)Nc1ccc(I)cc1. The molecule has 0 heterocycles. The van der Waals surface area contributed by atoms with E-state index in [2.05, 4.69) is 27.3 Å². The molecule has 0 radical (unpaired) electrons. The second-order valence-corrected chi connectivity index (χ2v) is 5.74. The average Bonchev–Trinajstić information content (AvgIpc) is 2.08. The molecule has 0 saturated heterocycles. The molecule has 0 saturated carbocycles. The molecule has 0 spiro atoms. The Hall–Kier alpha value is -0.340. The van der Waals surface area contributed by atoms with Gasteiger partial charge in [0.05, 0.1) is 12.4 Å². The molecule has 0 aliphatic heterocycles. The summed E-state index contributed by atoms with van der Waals surface area (Å²) in [6, 6.07) is 6.96. The van der Waals surface area contributed by atoms with Gasteiger partial charge < -0.3 is 5.11 Å². The molecule has 6 heteroatoms. The van der Waals surface area contributed by atoms with Crippen LogP contribution in [-0.2, 0) is 10.0 Å². The van der Waals surface area contributed by atoms with Crippen LogP contribution in [-0.4, -0.2) is 25.9 Å². The van der Waals surface area contributed by atoms with E-state index >= 15 is 0 Å². The van der Waals surface area contributed by atoms with Gasteiger partial charge in [0.15, 0.2) is 0 Å². The maximum absolute atomic E-state index is 11.2. The number of sulfonamides is 1. The Balaban J connectivity index is 2.74. The van der Waals surface area contributed by atoms with Crippen LogP contribution >= 0.6 is 22.6 Å². The molecule has 0 bridgehead atoms. The van der Waals surface area contributed by atoms with Gasteiger partial charge in [-0.15, -0.1) is 0 Å². The molecule has 78 valence electrons. The lowest BCUT2D eigenvalue weighted by Gasteiger charge is -2.06. The van der Waals surface area contributed by atoms with Crippen molar-refractivity contribution in [2.24, 2.45) is 0 Å². The minimum Gasteiger partial charge on any atom is -0.395 e. The highest BCUT2D eigenvalue weighted by Crippen LogP contribution is 2.12. The topological polar surface area (TPSA) is 66.4 Å². The first kappa shape index (κ1) is 11.7. The Labute approximate surface area is 96.5 Å². The second kappa shape index (κ2) is 4.94. The van der Waals surface area contributed by atoms with Crippen molar-refractivity contribution in [2.45, 2.75) is 0 Å². The lowest BCUT2D eigenvalue weighted by Crippen LogP contribution is -2.18. The van der Waals surface area contributed by atoms with Crippen molar-refractivity contribution in [1.29, 1.82) is 0 Å². The van der Waals surface area contributed by atoms with Gasteiger partial charge >= 0.3 is 0 Å². The quantitative estimate of drug-likeness (QED) is 0.812. The smallest absolute Gasteiger partial charge is 0.234 e. The number of nitrogens with one attached hydrogen (secondary N) is 1. The Bertz CT molecular complexity index is 388. The molecule has 0 atom stereocenters. The maximum Gasteiger partial charge on any atom is 0.234 e. The molecule has 2 N–H and O–H groups in total. The van der Waals surface area contributed by atoms with Crippen LogP contribution in [0, 0.1) is 3.57 Å². The molecule has 14 heavy (non-hydrogen) atoms. The van der Waals surface area contributed by atoms with Crippen molar-refractivity contribution in [3.8, 4) is 0 Å². The van der Waals surface area contributed by atoms with Gasteiger partial charge in [0.25, 0.3) is 0 Å². The van der Waals surface area contributed by atoms with Crippen LogP contribution in [0.4, 0.5) is 5.69 Å². The van der Waals surface area contributed by atoms with E-state index in [0.29, 0.717) is 5.69 Å². The summed E-state index contributed by atoms with van der Waals surface area (Å²) < 4.78 is 25.8. The summed E-state index contributed by atoms with van der Waals surface area (Å²) in [6.07, 6.45) is 0.